The summed E-state index contributed by atoms with van der Waals surface area (Å²) in [6, 6.07) is 0. The molecule has 0 saturated carbocycles. The van der Waals surface area contributed by atoms with E-state index < -0.39 is 0 Å². The van der Waals surface area contributed by atoms with E-state index >= 15 is 0 Å². The van der Waals surface area contributed by atoms with Crippen LogP contribution in [-0.4, -0.2) is 32.2 Å². The van der Waals surface area contributed by atoms with Crippen LogP contribution in [0.4, 0.5) is 0 Å². The van der Waals surface area contributed by atoms with Gasteiger partial charge in [0.05, 0.1) is 5.01 Å². The van der Waals surface area contributed by atoms with Gasteiger partial charge in [0.15, 0.2) is 0 Å². The number of fused-ring (bicyclic) bond motifs is 1. The Bertz CT molecular complexity index is 663. The van der Waals surface area contributed by atoms with Crippen molar-refractivity contribution in [1.29, 1.82) is 0 Å². The van der Waals surface area contributed by atoms with Crippen LogP contribution in [0.3, 0.4) is 0 Å². The topological polar surface area (TPSA) is 72.7 Å². The molecule has 1 amide bonds. The predicted octanol–water partition coefficient (Wildman–Crippen LogP) is 2.30. The molecule has 0 radical (unpaired) electrons. The molecule has 1 atom stereocenters. The van der Waals surface area contributed by atoms with Gasteiger partial charge in [-0.2, -0.15) is 0 Å². The fourth-order valence-electron chi connectivity index (χ4n) is 2.66. The lowest BCUT2D eigenvalue weighted by Gasteiger charge is -2.11. The smallest absolute Gasteiger partial charge is 0.289 e. The molecule has 7 heteroatoms. The van der Waals surface area contributed by atoms with Crippen molar-refractivity contribution >= 4 is 17.2 Å². The highest BCUT2D eigenvalue weighted by Crippen LogP contribution is 2.19. The van der Waals surface area contributed by atoms with E-state index in [2.05, 4.69) is 27.4 Å². The number of aryl methyl sites for hydroxylation is 2. The maximum atomic E-state index is 12.4. The van der Waals surface area contributed by atoms with Gasteiger partial charge >= 0.3 is 0 Å². The van der Waals surface area contributed by atoms with Crippen LogP contribution in [0.5, 0.6) is 0 Å². The molecule has 0 unspecified atom stereocenters. The molecule has 0 aromatic carbocycles. The minimum atomic E-state index is -0.138. The van der Waals surface area contributed by atoms with Crippen LogP contribution in [0.2, 0.25) is 0 Å². The van der Waals surface area contributed by atoms with E-state index in [9.17, 15) is 4.79 Å². The molecule has 3 heterocycles. The fourth-order valence-corrected chi connectivity index (χ4v) is 3.52. The van der Waals surface area contributed by atoms with Gasteiger partial charge in [0, 0.05) is 36.5 Å². The number of carbonyl (C=O) groups is 1. The van der Waals surface area contributed by atoms with E-state index in [-0.39, 0.29) is 11.8 Å². The number of thiazole rings is 1. The third-order valence-electron chi connectivity index (χ3n) is 3.94. The summed E-state index contributed by atoms with van der Waals surface area (Å²) in [7, 11) is 0. The minimum Gasteiger partial charge on any atom is -0.349 e. The number of nitrogens with one attached hydrogen (secondary N) is 1. The molecule has 6 nitrogen and oxygen atoms in total. The molecule has 0 saturated heterocycles. The highest BCUT2D eigenvalue weighted by atomic mass is 32.1. The third kappa shape index (κ3) is 3.19. The van der Waals surface area contributed by atoms with Crippen molar-refractivity contribution in [3.05, 3.63) is 27.7 Å². The van der Waals surface area contributed by atoms with Gasteiger partial charge in [-0.25, -0.2) is 4.98 Å². The summed E-state index contributed by atoms with van der Waals surface area (Å²) in [4.78, 5) is 16.8. The molecule has 3 rings (SSSR count). The lowest BCUT2D eigenvalue weighted by atomic mass is 10.2. The Morgan fingerprint density at radius 3 is 3.05 bits per heavy atom. The Morgan fingerprint density at radius 2 is 2.27 bits per heavy atom. The van der Waals surface area contributed by atoms with Gasteiger partial charge in [0.2, 0.25) is 5.82 Å². The lowest BCUT2D eigenvalue weighted by Crippen LogP contribution is -2.30. The van der Waals surface area contributed by atoms with Crippen molar-refractivity contribution in [2.45, 2.75) is 52.0 Å². The summed E-state index contributed by atoms with van der Waals surface area (Å²) in [5.41, 5.74) is 1.03. The van der Waals surface area contributed by atoms with Gasteiger partial charge in [-0.15, -0.1) is 21.5 Å². The zero-order chi connectivity index (χ0) is 15.5. The summed E-state index contributed by atoms with van der Waals surface area (Å²) in [6.45, 7) is 5.46. The van der Waals surface area contributed by atoms with E-state index in [4.69, 9.17) is 0 Å². The Kier molecular flexibility index (Phi) is 4.52. The van der Waals surface area contributed by atoms with Crippen LogP contribution in [0.1, 0.15) is 59.2 Å². The van der Waals surface area contributed by atoms with Crippen LogP contribution < -0.4 is 5.32 Å². The molecular weight excluding hydrogens is 298 g/mol. The molecule has 2 aromatic rings. The average molecular weight is 319 g/mol. The van der Waals surface area contributed by atoms with E-state index in [0.717, 1.165) is 42.3 Å². The SMILES string of the molecule is Cc1csc([C@H](C)CNC(=O)c2nnc3n2CCCCC3)n1. The summed E-state index contributed by atoms with van der Waals surface area (Å²) in [5.74, 6) is 1.45. The first-order valence-corrected chi connectivity index (χ1v) is 8.65. The van der Waals surface area contributed by atoms with Crippen molar-refractivity contribution in [3.63, 3.8) is 0 Å². The molecule has 1 aliphatic rings. The molecule has 0 spiro atoms. The summed E-state index contributed by atoms with van der Waals surface area (Å²) in [6.07, 6.45) is 4.31. The van der Waals surface area contributed by atoms with Crippen LogP contribution in [0.15, 0.2) is 5.38 Å². The number of aromatic nitrogens is 4. The van der Waals surface area contributed by atoms with Crippen LogP contribution >= 0.6 is 11.3 Å². The molecule has 1 aliphatic heterocycles. The first kappa shape index (κ1) is 15.1. The number of rotatable bonds is 4. The van der Waals surface area contributed by atoms with Crippen LogP contribution in [0, 0.1) is 6.92 Å². The number of carbonyl (C=O) groups excluding carboxylic acids is 1. The fraction of sp³-hybridized carbons (Fsp3) is 0.600. The molecule has 2 aromatic heterocycles. The first-order chi connectivity index (χ1) is 10.6. The van der Waals surface area contributed by atoms with Crippen molar-refractivity contribution in [3.8, 4) is 0 Å². The monoisotopic (exact) mass is 319 g/mol. The Morgan fingerprint density at radius 1 is 1.41 bits per heavy atom. The largest absolute Gasteiger partial charge is 0.349 e. The summed E-state index contributed by atoms with van der Waals surface area (Å²) in [5, 5.41) is 14.3. The van der Waals surface area contributed by atoms with Crippen molar-refractivity contribution < 1.29 is 4.79 Å². The Hall–Kier alpha value is -1.76. The number of hydrogen-bond donors (Lipinski definition) is 1. The first-order valence-electron chi connectivity index (χ1n) is 7.77. The second-order valence-corrected chi connectivity index (χ2v) is 6.73. The second-order valence-electron chi connectivity index (χ2n) is 5.84. The molecule has 0 bridgehead atoms. The quantitative estimate of drug-likeness (QED) is 0.938. The second kappa shape index (κ2) is 6.56. The average Bonchev–Trinajstić information content (AvgIpc) is 3.05. The standard InChI is InChI=1S/C15H21N5OS/c1-10(15-17-11(2)9-22-15)8-16-14(21)13-19-18-12-6-4-3-5-7-20(12)13/h9-10H,3-8H2,1-2H3,(H,16,21)/t10-/m1/s1. The summed E-state index contributed by atoms with van der Waals surface area (Å²) < 4.78 is 1.97. The summed E-state index contributed by atoms with van der Waals surface area (Å²) >= 11 is 1.64. The molecule has 0 fully saturated rings. The van der Waals surface area contributed by atoms with Crippen molar-refractivity contribution in [2.75, 3.05) is 6.54 Å². The zero-order valence-electron chi connectivity index (χ0n) is 13.0. The maximum Gasteiger partial charge on any atom is 0.289 e. The Labute approximate surface area is 134 Å². The van der Waals surface area contributed by atoms with Gasteiger partial charge < -0.3 is 9.88 Å². The van der Waals surface area contributed by atoms with Gasteiger partial charge in [0.25, 0.3) is 5.91 Å². The third-order valence-corrected chi connectivity index (χ3v) is 5.13. The van der Waals surface area contributed by atoms with Gasteiger partial charge in [-0.1, -0.05) is 13.3 Å². The molecule has 0 aliphatic carbocycles. The van der Waals surface area contributed by atoms with Gasteiger partial charge in [-0.05, 0) is 19.8 Å². The number of hydrogen-bond acceptors (Lipinski definition) is 5. The normalized spacial score (nSPS) is 15.9. The highest BCUT2D eigenvalue weighted by molar-refractivity contribution is 7.09. The highest BCUT2D eigenvalue weighted by Gasteiger charge is 2.20. The van der Waals surface area contributed by atoms with Crippen LogP contribution in [-0.2, 0) is 13.0 Å². The van der Waals surface area contributed by atoms with Crippen LogP contribution in [0.25, 0.3) is 0 Å². The van der Waals surface area contributed by atoms with E-state index in [1.165, 1.54) is 6.42 Å². The molecule has 118 valence electrons. The molecule has 1 N–H and O–H groups in total. The van der Waals surface area contributed by atoms with Crippen molar-refractivity contribution in [1.82, 2.24) is 25.1 Å². The van der Waals surface area contributed by atoms with Crippen molar-refractivity contribution in [2.24, 2.45) is 0 Å². The molecule has 22 heavy (non-hydrogen) atoms. The maximum absolute atomic E-state index is 12.4. The number of amides is 1. The van der Waals surface area contributed by atoms with E-state index in [1.54, 1.807) is 11.3 Å². The lowest BCUT2D eigenvalue weighted by molar-refractivity contribution is 0.0936. The van der Waals surface area contributed by atoms with E-state index in [1.807, 2.05) is 16.9 Å². The van der Waals surface area contributed by atoms with E-state index in [0.29, 0.717) is 12.4 Å². The van der Waals surface area contributed by atoms with Gasteiger partial charge in [-0.3, -0.25) is 4.79 Å². The zero-order valence-corrected chi connectivity index (χ0v) is 13.8. The van der Waals surface area contributed by atoms with Gasteiger partial charge in [0.1, 0.15) is 5.82 Å². The minimum absolute atomic E-state index is 0.138. The predicted molar refractivity (Wildman–Crippen MR) is 85.2 cm³/mol. The Balaban J connectivity index is 1.64. The number of nitrogens with zero attached hydrogens (tertiary/aromatic N) is 4. The molecular formula is C15H21N5OS.